The van der Waals surface area contributed by atoms with E-state index >= 15 is 0 Å². The Hall–Kier alpha value is -3.03. The summed E-state index contributed by atoms with van der Waals surface area (Å²) < 4.78 is 33.5. The minimum absolute atomic E-state index is 0.0793. The molecule has 0 saturated carbocycles. The van der Waals surface area contributed by atoms with Gasteiger partial charge in [-0.15, -0.1) is 0 Å². The van der Waals surface area contributed by atoms with E-state index in [0.717, 1.165) is 24.0 Å². The van der Waals surface area contributed by atoms with Crippen LogP contribution >= 0.6 is 11.6 Å². The summed E-state index contributed by atoms with van der Waals surface area (Å²) >= 11 is 6.30. The molecule has 1 amide bonds. The maximum atomic E-state index is 13.3. The lowest BCUT2D eigenvalue weighted by molar-refractivity contribution is -0.118. The number of sulfonamides is 1. The Morgan fingerprint density at radius 3 is 2.59 bits per heavy atom. The predicted octanol–water partition coefficient (Wildman–Crippen LogP) is 4.81. The fraction of sp³-hybridized carbons (Fsp3) is 0.208. The zero-order valence-electron chi connectivity index (χ0n) is 17.5. The number of fused-ring (bicyclic) bond motifs is 1. The molecule has 0 saturated heterocycles. The molecule has 1 aliphatic rings. The van der Waals surface area contributed by atoms with E-state index in [-0.39, 0.29) is 28.2 Å². The number of halogens is 1. The summed E-state index contributed by atoms with van der Waals surface area (Å²) in [6.45, 7) is 2.12. The molecule has 1 N–H and O–H groups in total. The molecule has 166 valence electrons. The number of rotatable bonds is 6. The maximum absolute atomic E-state index is 13.3. The van der Waals surface area contributed by atoms with E-state index in [1.54, 1.807) is 12.1 Å². The summed E-state index contributed by atoms with van der Waals surface area (Å²) in [5.74, 6) is -0.102. The lowest BCUT2D eigenvalue weighted by Crippen LogP contribution is -2.35. The van der Waals surface area contributed by atoms with E-state index < -0.39 is 10.0 Å². The van der Waals surface area contributed by atoms with E-state index in [0.29, 0.717) is 17.9 Å². The number of carbonyl (C=O) groups excluding carboxylic acids is 1. The zero-order chi connectivity index (χ0) is 22.7. The summed E-state index contributed by atoms with van der Waals surface area (Å²) in [5, 5.41) is 2.86. The van der Waals surface area contributed by atoms with Crippen molar-refractivity contribution in [1.29, 1.82) is 0 Å². The second-order valence-electron chi connectivity index (χ2n) is 7.60. The lowest BCUT2D eigenvalue weighted by Gasteiger charge is -2.30. The van der Waals surface area contributed by atoms with E-state index in [1.807, 2.05) is 43.3 Å². The monoisotopic (exact) mass is 470 g/mol. The maximum Gasteiger partial charge on any atom is 0.264 e. The Morgan fingerprint density at radius 1 is 1.09 bits per heavy atom. The first-order chi connectivity index (χ1) is 15.3. The first kappa shape index (κ1) is 22.2. The standard InChI is InChI=1S/C24H23ClN2O4S/c1-17-8-10-19(11-9-17)26-24(28)16-31-23-13-12-20(15-21(23)25)32(29,30)27-14-4-6-18-5-2-3-7-22(18)27/h2-3,5,7-13,15H,4,6,14,16H2,1H3,(H,26,28). The first-order valence-electron chi connectivity index (χ1n) is 10.2. The van der Waals surface area contributed by atoms with Crippen molar-refractivity contribution in [1.82, 2.24) is 0 Å². The van der Waals surface area contributed by atoms with E-state index in [9.17, 15) is 13.2 Å². The molecule has 0 atom stereocenters. The number of hydrogen-bond acceptors (Lipinski definition) is 4. The van der Waals surface area contributed by atoms with Crippen molar-refractivity contribution in [3.63, 3.8) is 0 Å². The average molecular weight is 471 g/mol. The van der Waals surface area contributed by atoms with Gasteiger partial charge in [0.1, 0.15) is 5.75 Å². The highest BCUT2D eigenvalue weighted by molar-refractivity contribution is 7.92. The van der Waals surface area contributed by atoms with Crippen molar-refractivity contribution in [2.45, 2.75) is 24.7 Å². The summed E-state index contributed by atoms with van der Waals surface area (Å²) in [4.78, 5) is 12.2. The predicted molar refractivity (Wildman–Crippen MR) is 126 cm³/mol. The largest absolute Gasteiger partial charge is 0.482 e. The van der Waals surface area contributed by atoms with E-state index in [2.05, 4.69) is 5.32 Å². The van der Waals surface area contributed by atoms with Crippen molar-refractivity contribution in [2.75, 3.05) is 22.8 Å². The normalized spacial score (nSPS) is 13.4. The van der Waals surface area contributed by atoms with Gasteiger partial charge in [-0.25, -0.2) is 8.42 Å². The van der Waals surface area contributed by atoms with Crippen LogP contribution < -0.4 is 14.4 Å². The second kappa shape index (κ2) is 9.22. The number of aryl methyl sites for hydroxylation is 2. The summed E-state index contributed by atoms with van der Waals surface area (Å²) in [6, 6.07) is 19.2. The van der Waals surface area contributed by atoms with Gasteiger partial charge in [-0.3, -0.25) is 9.10 Å². The summed E-state index contributed by atoms with van der Waals surface area (Å²) in [7, 11) is -3.78. The molecule has 0 spiro atoms. The molecule has 0 bridgehead atoms. The van der Waals surface area contributed by atoms with Crippen LogP contribution in [0.25, 0.3) is 0 Å². The van der Waals surface area contributed by atoms with Gasteiger partial charge < -0.3 is 10.1 Å². The molecular weight excluding hydrogens is 448 g/mol. The molecule has 6 nitrogen and oxygen atoms in total. The third kappa shape index (κ3) is 4.74. The number of hydrogen-bond donors (Lipinski definition) is 1. The van der Waals surface area contributed by atoms with Crippen molar-refractivity contribution < 1.29 is 17.9 Å². The van der Waals surface area contributed by atoms with Crippen molar-refractivity contribution >= 4 is 38.9 Å². The first-order valence-corrected chi connectivity index (χ1v) is 12.1. The van der Waals surface area contributed by atoms with Crippen LogP contribution in [0, 0.1) is 6.92 Å². The Balaban J connectivity index is 1.46. The van der Waals surface area contributed by atoms with Gasteiger partial charge in [0.05, 0.1) is 15.6 Å². The van der Waals surface area contributed by atoms with Crippen molar-refractivity contribution in [2.24, 2.45) is 0 Å². The molecular formula is C24H23ClN2O4S. The Bertz CT molecular complexity index is 1240. The van der Waals surface area contributed by atoms with Crippen LogP contribution in [0.3, 0.4) is 0 Å². The highest BCUT2D eigenvalue weighted by Crippen LogP contribution is 2.34. The zero-order valence-corrected chi connectivity index (χ0v) is 19.1. The molecule has 32 heavy (non-hydrogen) atoms. The van der Waals surface area contributed by atoms with Gasteiger partial charge in [0.15, 0.2) is 6.61 Å². The third-order valence-electron chi connectivity index (χ3n) is 5.25. The number of nitrogens with zero attached hydrogens (tertiary/aromatic N) is 1. The highest BCUT2D eigenvalue weighted by Gasteiger charge is 2.29. The highest BCUT2D eigenvalue weighted by atomic mass is 35.5. The molecule has 3 aromatic rings. The van der Waals surface area contributed by atoms with Crippen LogP contribution in [0.5, 0.6) is 5.75 Å². The van der Waals surface area contributed by atoms with Crippen molar-refractivity contribution in [3.05, 3.63) is 82.9 Å². The van der Waals surface area contributed by atoms with Crippen LogP contribution in [0.1, 0.15) is 17.5 Å². The number of amides is 1. The third-order valence-corrected chi connectivity index (χ3v) is 7.36. The molecule has 0 radical (unpaired) electrons. The number of carbonyl (C=O) groups is 1. The van der Waals surface area contributed by atoms with Crippen molar-refractivity contribution in [3.8, 4) is 5.75 Å². The van der Waals surface area contributed by atoms with Crippen LogP contribution in [0.15, 0.2) is 71.6 Å². The average Bonchev–Trinajstić information content (AvgIpc) is 2.79. The number of benzene rings is 3. The molecule has 3 aromatic carbocycles. The van der Waals surface area contributed by atoms with Crippen LogP contribution in [0.2, 0.25) is 5.02 Å². The number of ether oxygens (including phenoxy) is 1. The summed E-state index contributed by atoms with van der Waals surface area (Å²) in [5.41, 5.74) is 3.46. The SMILES string of the molecule is Cc1ccc(NC(=O)COc2ccc(S(=O)(=O)N3CCCc4ccccc43)cc2Cl)cc1. The molecule has 0 unspecified atom stereocenters. The van der Waals surface area contributed by atoms with Gasteiger partial charge in [-0.1, -0.05) is 47.5 Å². The molecule has 1 aliphatic heterocycles. The lowest BCUT2D eigenvalue weighted by atomic mass is 10.0. The fourth-order valence-corrected chi connectivity index (χ4v) is 5.48. The summed E-state index contributed by atoms with van der Waals surface area (Å²) in [6.07, 6.45) is 1.60. The van der Waals surface area contributed by atoms with E-state index in [4.69, 9.17) is 16.3 Å². The van der Waals surface area contributed by atoms with Crippen LogP contribution in [-0.4, -0.2) is 27.5 Å². The topological polar surface area (TPSA) is 75.7 Å². The smallest absolute Gasteiger partial charge is 0.264 e. The number of para-hydroxylation sites is 1. The Kier molecular flexibility index (Phi) is 6.39. The van der Waals surface area contributed by atoms with Gasteiger partial charge in [0, 0.05) is 12.2 Å². The van der Waals surface area contributed by atoms with Gasteiger partial charge in [-0.05, 0) is 61.7 Å². The molecule has 0 aromatic heterocycles. The van der Waals surface area contributed by atoms with E-state index in [1.165, 1.54) is 22.5 Å². The molecule has 0 fully saturated rings. The van der Waals surface area contributed by atoms with Crippen LogP contribution in [-0.2, 0) is 21.2 Å². The second-order valence-corrected chi connectivity index (χ2v) is 9.87. The fourth-order valence-electron chi connectivity index (χ4n) is 3.61. The quantitative estimate of drug-likeness (QED) is 0.561. The van der Waals surface area contributed by atoms with Gasteiger partial charge in [0.2, 0.25) is 0 Å². The van der Waals surface area contributed by atoms with Gasteiger partial charge in [0.25, 0.3) is 15.9 Å². The minimum atomic E-state index is -3.78. The number of anilines is 2. The van der Waals surface area contributed by atoms with Gasteiger partial charge >= 0.3 is 0 Å². The van der Waals surface area contributed by atoms with Gasteiger partial charge in [-0.2, -0.15) is 0 Å². The molecule has 1 heterocycles. The Morgan fingerprint density at radius 2 is 1.84 bits per heavy atom. The molecule has 4 rings (SSSR count). The Labute approximate surface area is 192 Å². The number of nitrogens with one attached hydrogen (secondary N) is 1. The minimum Gasteiger partial charge on any atom is -0.482 e. The van der Waals surface area contributed by atoms with Crippen LogP contribution in [0.4, 0.5) is 11.4 Å². The molecule has 8 heteroatoms. The molecule has 0 aliphatic carbocycles.